The van der Waals surface area contributed by atoms with Crippen LogP contribution in [-0.2, 0) is 16.0 Å². The number of amides is 1. The number of aryl methyl sites for hydroxylation is 1. The van der Waals surface area contributed by atoms with Gasteiger partial charge in [-0.2, -0.15) is 0 Å². The van der Waals surface area contributed by atoms with Crippen molar-refractivity contribution in [3.8, 4) is 0 Å². The number of rotatable bonds is 4. The quantitative estimate of drug-likeness (QED) is 0.819. The Kier molecular flexibility index (Phi) is 5.05. The molecule has 1 spiro atoms. The van der Waals surface area contributed by atoms with Crippen LogP contribution in [0.2, 0.25) is 0 Å². The lowest BCUT2D eigenvalue weighted by atomic mass is 9.92. The van der Waals surface area contributed by atoms with E-state index in [1.54, 1.807) is 0 Å². The van der Waals surface area contributed by atoms with Crippen LogP contribution < -0.4 is 5.32 Å². The molecule has 6 heteroatoms. The number of cyclic esters (lactones) is 1. The molecule has 0 aromatic heterocycles. The number of anilines is 1. The number of carbonyl (C=O) groups is 2. The molecule has 2 aliphatic rings. The zero-order valence-electron chi connectivity index (χ0n) is 15.9. The molecule has 2 aromatic rings. The highest BCUT2D eigenvalue weighted by molar-refractivity contribution is 6.04. The van der Waals surface area contributed by atoms with Crippen molar-refractivity contribution in [1.29, 1.82) is 0 Å². The van der Waals surface area contributed by atoms with Gasteiger partial charge in [-0.15, -0.1) is 0 Å². The minimum atomic E-state index is -0.555. The Morgan fingerprint density at radius 1 is 1.14 bits per heavy atom. The fourth-order valence-corrected chi connectivity index (χ4v) is 3.79. The zero-order valence-corrected chi connectivity index (χ0v) is 15.9. The fourth-order valence-electron chi connectivity index (χ4n) is 3.79. The maximum atomic E-state index is 12.6. The Labute approximate surface area is 164 Å². The van der Waals surface area contributed by atoms with Crippen LogP contribution in [0.1, 0.15) is 34.3 Å². The van der Waals surface area contributed by atoms with E-state index in [9.17, 15) is 9.59 Å². The molecular weight excluding hydrogens is 356 g/mol. The highest BCUT2D eigenvalue weighted by Crippen LogP contribution is 2.32. The van der Waals surface area contributed by atoms with Crippen LogP contribution in [0, 0.1) is 6.92 Å². The van der Waals surface area contributed by atoms with E-state index in [1.807, 2.05) is 55.5 Å². The molecule has 0 bridgehead atoms. The van der Waals surface area contributed by atoms with E-state index in [0.29, 0.717) is 12.2 Å². The van der Waals surface area contributed by atoms with E-state index in [1.165, 1.54) is 0 Å². The first-order chi connectivity index (χ1) is 13.5. The second-order valence-corrected chi connectivity index (χ2v) is 7.62. The van der Waals surface area contributed by atoms with Crippen molar-refractivity contribution in [2.45, 2.75) is 31.9 Å². The molecule has 0 unspecified atom stereocenters. The lowest BCUT2D eigenvalue weighted by Crippen LogP contribution is -2.45. The van der Waals surface area contributed by atoms with Gasteiger partial charge >= 0.3 is 6.16 Å². The minimum absolute atomic E-state index is 0.111. The third kappa shape index (κ3) is 4.17. The Hall–Kier alpha value is -2.86. The second kappa shape index (κ2) is 7.64. The molecule has 2 aliphatic heterocycles. The molecule has 1 amide bonds. The Bertz CT molecular complexity index is 888. The lowest BCUT2D eigenvalue weighted by Gasteiger charge is -2.36. The van der Waals surface area contributed by atoms with Gasteiger partial charge in [0.05, 0.1) is 0 Å². The van der Waals surface area contributed by atoms with E-state index < -0.39 is 11.8 Å². The summed E-state index contributed by atoms with van der Waals surface area (Å²) in [6.07, 6.45) is 0.985. The van der Waals surface area contributed by atoms with Crippen LogP contribution in [0.3, 0.4) is 0 Å². The van der Waals surface area contributed by atoms with E-state index >= 15 is 0 Å². The molecule has 146 valence electrons. The molecule has 6 nitrogen and oxygen atoms in total. The first-order valence-electron chi connectivity index (χ1n) is 9.56. The number of hydrogen-bond donors (Lipinski definition) is 1. The van der Waals surface area contributed by atoms with Crippen LogP contribution in [0.25, 0.3) is 0 Å². The van der Waals surface area contributed by atoms with Gasteiger partial charge in [-0.05, 0) is 42.3 Å². The van der Waals surface area contributed by atoms with Crippen molar-refractivity contribution < 1.29 is 19.1 Å². The summed E-state index contributed by atoms with van der Waals surface area (Å²) in [5, 5.41) is 2.95. The van der Waals surface area contributed by atoms with Gasteiger partial charge in [0.2, 0.25) is 0 Å². The van der Waals surface area contributed by atoms with Crippen LogP contribution in [0.4, 0.5) is 10.5 Å². The predicted molar refractivity (Wildman–Crippen MR) is 105 cm³/mol. The first kappa shape index (κ1) is 18.5. The van der Waals surface area contributed by atoms with Crippen molar-refractivity contribution >= 4 is 17.7 Å². The van der Waals surface area contributed by atoms with Crippen LogP contribution in [0.15, 0.2) is 48.5 Å². The van der Waals surface area contributed by atoms with Gasteiger partial charge in [0.25, 0.3) is 5.91 Å². The van der Waals surface area contributed by atoms with Gasteiger partial charge in [0, 0.05) is 43.7 Å². The van der Waals surface area contributed by atoms with Crippen LogP contribution in [0.5, 0.6) is 0 Å². The summed E-state index contributed by atoms with van der Waals surface area (Å²) in [4.78, 5) is 26.1. The summed E-state index contributed by atoms with van der Waals surface area (Å²) >= 11 is 0. The van der Waals surface area contributed by atoms with E-state index in [2.05, 4.69) is 10.2 Å². The molecular formula is C22H24N2O4. The number of ether oxygens (including phenoxy) is 2. The third-order valence-corrected chi connectivity index (χ3v) is 5.39. The summed E-state index contributed by atoms with van der Waals surface area (Å²) in [6, 6.07) is 15.5. The van der Waals surface area contributed by atoms with E-state index in [4.69, 9.17) is 9.47 Å². The number of likely N-dealkylation sites (tertiary alicyclic amines) is 1. The number of piperidine rings is 1. The summed E-state index contributed by atoms with van der Waals surface area (Å²) in [7, 11) is 0. The third-order valence-electron chi connectivity index (χ3n) is 5.39. The average molecular weight is 380 g/mol. The predicted octanol–water partition coefficient (Wildman–Crippen LogP) is 3.75. The molecule has 0 atom stereocenters. The normalized spacial score (nSPS) is 18.5. The van der Waals surface area contributed by atoms with Crippen molar-refractivity contribution in [2.24, 2.45) is 0 Å². The largest absolute Gasteiger partial charge is 0.509 e. The molecule has 2 saturated heterocycles. The summed E-state index contributed by atoms with van der Waals surface area (Å²) < 4.78 is 10.3. The molecule has 0 saturated carbocycles. The fraction of sp³-hybridized carbons (Fsp3) is 0.364. The highest BCUT2D eigenvalue weighted by atomic mass is 16.8. The van der Waals surface area contributed by atoms with Gasteiger partial charge in [-0.25, -0.2) is 4.79 Å². The Morgan fingerprint density at radius 3 is 2.64 bits per heavy atom. The molecule has 2 fully saturated rings. The van der Waals surface area contributed by atoms with Crippen molar-refractivity contribution in [3.05, 3.63) is 65.2 Å². The zero-order chi connectivity index (χ0) is 19.6. The highest BCUT2D eigenvalue weighted by Gasteiger charge is 2.44. The van der Waals surface area contributed by atoms with Gasteiger partial charge in [0.1, 0.15) is 6.61 Å². The maximum Gasteiger partial charge on any atom is 0.509 e. The molecule has 2 aromatic carbocycles. The topological polar surface area (TPSA) is 67.9 Å². The number of carbonyl (C=O) groups excluding carboxylic acids is 2. The summed E-state index contributed by atoms with van der Waals surface area (Å²) in [5.74, 6) is -0.111. The summed E-state index contributed by atoms with van der Waals surface area (Å²) in [5.41, 5.74) is 3.19. The first-order valence-corrected chi connectivity index (χ1v) is 9.56. The number of nitrogens with one attached hydrogen (secondary N) is 1. The number of nitrogens with zero attached hydrogens (tertiary/aromatic N) is 1. The molecule has 2 heterocycles. The van der Waals surface area contributed by atoms with Crippen LogP contribution >= 0.6 is 0 Å². The standard InChI is InChI=1S/C22H24N2O4/c1-16-4-2-7-19(12-16)23-20(25)18-6-3-5-17(13-18)14-24-10-8-22(9-11-24)15-27-21(26)28-22/h2-7,12-13H,8-11,14-15H2,1H3,(H,23,25). The molecule has 1 N–H and O–H groups in total. The Balaban J connectivity index is 1.36. The van der Waals surface area contributed by atoms with Gasteiger partial charge in [-0.3, -0.25) is 9.69 Å². The van der Waals surface area contributed by atoms with Crippen LogP contribution in [-0.4, -0.2) is 42.3 Å². The molecule has 0 radical (unpaired) electrons. The van der Waals surface area contributed by atoms with E-state index in [-0.39, 0.29) is 5.91 Å². The maximum absolute atomic E-state index is 12.6. The monoisotopic (exact) mass is 380 g/mol. The molecule has 0 aliphatic carbocycles. The number of benzene rings is 2. The van der Waals surface area contributed by atoms with Gasteiger partial charge in [0.15, 0.2) is 5.60 Å². The Morgan fingerprint density at radius 2 is 1.93 bits per heavy atom. The van der Waals surface area contributed by atoms with Crippen molar-refractivity contribution in [3.63, 3.8) is 0 Å². The second-order valence-electron chi connectivity index (χ2n) is 7.62. The van der Waals surface area contributed by atoms with Crippen molar-refractivity contribution in [2.75, 3.05) is 25.0 Å². The molecule has 4 rings (SSSR count). The average Bonchev–Trinajstić information content (AvgIpc) is 3.04. The number of hydrogen-bond acceptors (Lipinski definition) is 5. The van der Waals surface area contributed by atoms with Gasteiger partial charge < -0.3 is 14.8 Å². The minimum Gasteiger partial charge on any atom is -0.430 e. The van der Waals surface area contributed by atoms with Crippen molar-refractivity contribution in [1.82, 2.24) is 4.90 Å². The SMILES string of the molecule is Cc1cccc(NC(=O)c2cccc(CN3CCC4(CC3)COC(=O)O4)c2)c1. The lowest BCUT2D eigenvalue weighted by molar-refractivity contribution is -0.00163. The van der Waals surface area contributed by atoms with E-state index in [0.717, 1.165) is 49.3 Å². The molecule has 28 heavy (non-hydrogen) atoms. The smallest absolute Gasteiger partial charge is 0.430 e. The van der Waals surface area contributed by atoms with Gasteiger partial charge in [-0.1, -0.05) is 24.3 Å². The summed E-state index contributed by atoms with van der Waals surface area (Å²) in [6.45, 7) is 4.77.